The Balaban J connectivity index is 1.64. The summed E-state index contributed by atoms with van der Waals surface area (Å²) in [6, 6.07) is 16.0. The zero-order chi connectivity index (χ0) is 20.8. The Morgan fingerprint density at radius 3 is 1.97 bits per heavy atom. The number of amides is 1. The maximum atomic E-state index is 12.7. The van der Waals surface area contributed by atoms with Gasteiger partial charge in [-0.1, -0.05) is 18.2 Å². The first-order chi connectivity index (χ1) is 13.7. The number of carbonyl (C=O) groups excluding carboxylic acids is 1. The van der Waals surface area contributed by atoms with Crippen LogP contribution in [0.15, 0.2) is 76.5 Å². The lowest BCUT2D eigenvalue weighted by atomic mass is 10.2. The van der Waals surface area contributed by atoms with Crippen LogP contribution in [-0.2, 0) is 20.0 Å². The largest absolute Gasteiger partial charge is 0.321 e. The molecule has 4 rings (SSSR count). The smallest absolute Gasteiger partial charge is 0.279 e. The van der Waals surface area contributed by atoms with Crippen LogP contribution in [0.4, 0.5) is 11.4 Å². The fraction of sp³-hybridized carbons (Fsp3) is 0.0526. The van der Waals surface area contributed by atoms with Crippen molar-refractivity contribution < 1.29 is 21.6 Å². The number of carbonyl (C=O) groups is 1. The fourth-order valence-corrected chi connectivity index (χ4v) is 7.44. The van der Waals surface area contributed by atoms with Crippen LogP contribution in [0.3, 0.4) is 0 Å². The molecule has 0 atom stereocenters. The van der Waals surface area contributed by atoms with E-state index in [1.54, 1.807) is 25.1 Å². The first kappa shape index (κ1) is 19.1. The molecule has 1 amide bonds. The second-order valence-electron chi connectivity index (χ2n) is 6.32. The van der Waals surface area contributed by atoms with Crippen LogP contribution in [-0.4, -0.2) is 27.7 Å². The molecule has 2 heterocycles. The number of hydrogen-bond donors (Lipinski definition) is 1. The van der Waals surface area contributed by atoms with E-state index in [1.807, 2.05) is 0 Å². The van der Waals surface area contributed by atoms with Gasteiger partial charge in [0.25, 0.3) is 26.0 Å². The van der Waals surface area contributed by atoms with Gasteiger partial charge in [0.1, 0.15) is 15.5 Å². The molecular weight excluding hydrogens is 414 g/mol. The van der Waals surface area contributed by atoms with E-state index in [1.165, 1.54) is 48.5 Å². The molecule has 8 nitrogen and oxygen atoms in total. The van der Waals surface area contributed by atoms with Crippen molar-refractivity contribution in [3.05, 3.63) is 78.1 Å². The molecule has 3 aromatic rings. The highest BCUT2D eigenvalue weighted by atomic mass is 32.3. The topological polar surface area (TPSA) is 114 Å². The van der Waals surface area contributed by atoms with Crippen LogP contribution in [0.2, 0.25) is 0 Å². The minimum absolute atomic E-state index is 0.0483. The molecule has 1 aliphatic heterocycles. The molecule has 148 valence electrons. The zero-order valence-electron chi connectivity index (χ0n) is 15.1. The van der Waals surface area contributed by atoms with Crippen molar-refractivity contribution >= 4 is 37.3 Å². The molecule has 1 N–H and O–H groups in total. The van der Waals surface area contributed by atoms with Gasteiger partial charge in [-0.05, 0) is 55.5 Å². The van der Waals surface area contributed by atoms with E-state index in [2.05, 4.69) is 10.3 Å². The van der Waals surface area contributed by atoms with Crippen molar-refractivity contribution in [2.45, 2.75) is 16.7 Å². The van der Waals surface area contributed by atoms with Gasteiger partial charge in [-0.2, -0.15) is 20.5 Å². The highest BCUT2D eigenvalue weighted by Crippen LogP contribution is 2.40. The van der Waals surface area contributed by atoms with Crippen molar-refractivity contribution in [3.8, 4) is 0 Å². The molecule has 0 fully saturated rings. The van der Waals surface area contributed by atoms with Crippen LogP contribution in [0.25, 0.3) is 0 Å². The molecule has 1 aliphatic rings. The number of rotatable bonds is 3. The van der Waals surface area contributed by atoms with E-state index >= 15 is 0 Å². The lowest BCUT2D eigenvalue weighted by Crippen LogP contribution is -2.30. The summed E-state index contributed by atoms with van der Waals surface area (Å²) in [6.45, 7) is 1.76. The second kappa shape index (κ2) is 6.68. The summed E-state index contributed by atoms with van der Waals surface area (Å²) in [4.78, 5) is 15.9. The summed E-state index contributed by atoms with van der Waals surface area (Å²) in [7, 11) is -8.49. The van der Waals surface area contributed by atoms with E-state index in [0.717, 1.165) is 0 Å². The van der Waals surface area contributed by atoms with Crippen LogP contribution >= 0.6 is 0 Å². The third kappa shape index (κ3) is 3.15. The third-order valence-corrected chi connectivity index (χ3v) is 8.72. The van der Waals surface area contributed by atoms with Gasteiger partial charge in [0.2, 0.25) is 0 Å². The predicted octanol–water partition coefficient (Wildman–Crippen LogP) is 2.54. The van der Waals surface area contributed by atoms with Gasteiger partial charge in [0.15, 0.2) is 0 Å². The van der Waals surface area contributed by atoms with Crippen molar-refractivity contribution in [3.63, 3.8) is 0 Å². The summed E-state index contributed by atoms with van der Waals surface area (Å²) < 4.78 is 51.4. The lowest BCUT2D eigenvalue weighted by Gasteiger charge is -2.16. The van der Waals surface area contributed by atoms with Gasteiger partial charge >= 0.3 is 0 Å². The average molecular weight is 429 g/mol. The average Bonchev–Trinajstić information content (AvgIpc) is 2.85. The quantitative estimate of drug-likeness (QED) is 0.684. The van der Waals surface area contributed by atoms with E-state index < -0.39 is 26.0 Å². The van der Waals surface area contributed by atoms with Gasteiger partial charge in [-0.15, -0.1) is 0 Å². The van der Waals surface area contributed by atoms with Crippen molar-refractivity contribution in [1.82, 2.24) is 4.98 Å². The maximum absolute atomic E-state index is 12.7. The molecule has 0 radical (unpaired) electrons. The normalized spacial score (nSPS) is 16.2. The van der Waals surface area contributed by atoms with Gasteiger partial charge in [-0.3, -0.25) is 4.79 Å². The number of nitrogens with zero attached hydrogens (tertiary/aromatic N) is 2. The number of anilines is 2. The van der Waals surface area contributed by atoms with Crippen molar-refractivity contribution in [2.75, 3.05) is 9.03 Å². The van der Waals surface area contributed by atoms with Gasteiger partial charge in [-0.25, -0.2) is 4.98 Å². The van der Waals surface area contributed by atoms with Gasteiger partial charge in [0, 0.05) is 11.4 Å². The Morgan fingerprint density at radius 1 is 0.828 bits per heavy atom. The molecule has 29 heavy (non-hydrogen) atoms. The molecule has 0 spiro atoms. The van der Waals surface area contributed by atoms with E-state index in [0.29, 0.717) is 15.1 Å². The van der Waals surface area contributed by atoms with Crippen LogP contribution in [0, 0.1) is 6.92 Å². The first-order valence-electron chi connectivity index (χ1n) is 8.46. The van der Waals surface area contributed by atoms with E-state index in [9.17, 15) is 21.6 Å². The predicted molar refractivity (Wildman–Crippen MR) is 107 cm³/mol. The van der Waals surface area contributed by atoms with Gasteiger partial charge < -0.3 is 5.32 Å². The summed E-state index contributed by atoms with van der Waals surface area (Å²) in [5.41, 5.74) is 1.24. The molecule has 0 saturated heterocycles. The number of aromatic nitrogens is 1. The van der Waals surface area contributed by atoms with Crippen molar-refractivity contribution in [2.24, 2.45) is 0 Å². The number of benzene rings is 2. The number of hydrogen-bond acceptors (Lipinski definition) is 6. The summed E-state index contributed by atoms with van der Waals surface area (Å²) in [5, 5.41) is 2.64. The number of sulfonamides is 2. The highest BCUT2D eigenvalue weighted by molar-refractivity contribution is 8.12. The Kier molecular flexibility index (Phi) is 4.39. The monoisotopic (exact) mass is 429 g/mol. The molecule has 0 unspecified atom stereocenters. The van der Waals surface area contributed by atoms with Crippen LogP contribution in [0.5, 0.6) is 0 Å². The maximum Gasteiger partial charge on any atom is 0.279 e. The Morgan fingerprint density at radius 2 is 1.41 bits per heavy atom. The number of fused-ring (bicyclic) bond motifs is 1. The first-order valence-corrected chi connectivity index (χ1v) is 11.3. The summed E-state index contributed by atoms with van der Waals surface area (Å²) in [5.74, 6) is -0.435. The molecule has 0 bridgehead atoms. The number of pyridine rings is 1. The summed E-state index contributed by atoms with van der Waals surface area (Å²) >= 11 is 0. The molecule has 1 aromatic heterocycles. The number of aryl methyl sites for hydroxylation is 1. The van der Waals surface area contributed by atoms with E-state index in [-0.39, 0.29) is 21.2 Å². The Hall–Kier alpha value is -3.24. The molecule has 10 heteroatoms. The fourth-order valence-electron chi connectivity index (χ4n) is 2.99. The highest BCUT2D eigenvalue weighted by Gasteiger charge is 2.47. The van der Waals surface area contributed by atoms with E-state index in [4.69, 9.17) is 0 Å². The Labute approximate surface area is 167 Å². The van der Waals surface area contributed by atoms with Gasteiger partial charge in [0.05, 0.1) is 5.69 Å². The van der Waals surface area contributed by atoms with Crippen LogP contribution in [0.1, 0.15) is 16.2 Å². The summed E-state index contributed by atoms with van der Waals surface area (Å²) in [6.07, 6.45) is 0. The van der Waals surface area contributed by atoms with Crippen LogP contribution < -0.4 is 9.03 Å². The lowest BCUT2D eigenvalue weighted by molar-refractivity contribution is 0.102. The molecule has 0 aliphatic carbocycles. The molecular formula is C19H15N3O5S2. The second-order valence-corrected chi connectivity index (χ2v) is 10.1. The minimum Gasteiger partial charge on any atom is -0.321 e. The zero-order valence-corrected chi connectivity index (χ0v) is 16.7. The van der Waals surface area contributed by atoms with Crippen molar-refractivity contribution in [1.29, 1.82) is 0 Å². The SMILES string of the molecule is Cc1cccc(C(=O)Nc2ccc(N3S(=O)(=O)c4ccccc4S3(=O)=O)cc2)n1. The number of nitrogens with one attached hydrogen (secondary N) is 1. The molecule has 0 saturated carbocycles. The standard InChI is InChI=1S/C19H15N3O5S2/c1-13-5-4-6-16(20-13)19(23)21-14-9-11-15(12-10-14)22-28(24,25)17-7-2-3-8-18(17)29(22,26)27/h2-12H,1H3,(H,21,23). The third-order valence-electron chi connectivity index (χ3n) is 4.30. The minimum atomic E-state index is -4.24. The molecule has 2 aromatic carbocycles. The Bertz CT molecular complexity index is 1280.